The number of H-pyrrole nitrogens is 1. The summed E-state index contributed by atoms with van der Waals surface area (Å²) in [5.74, 6) is -1.02. The Balaban J connectivity index is 2.29. The molecule has 1 aliphatic heterocycles. The lowest BCUT2D eigenvalue weighted by atomic mass is 10.2. The van der Waals surface area contributed by atoms with Gasteiger partial charge in [-0.1, -0.05) is 0 Å². The lowest BCUT2D eigenvalue weighted by Gasteiger charge is -2.17. The van der Waals surface area contributed by atoms with Crippen LogP contribution < -0.4 is 11.2 Å². The number of hydrogen-bond acceptors (Lipinski definition) is 8. The Morgan fingerprint density at radius 3 is 2.72 bits per heavy atom. The quantitative estimate of drug-likeness (QED) is 0.551. The van der Waals surface area contributed by atoms with Crippen molar-refractivity contribution in [2.75, 3.05) is 13.7 Å². The molecule has 1 saturated heterocycles. The molecule has 2 rings (SSSR count). The van der Waals surface area contributed by atoms with Gasteiger partial charge in [0.2, 0.25) is 0 Å². The van der Waals surface area contributed by atoms with Gasteiger partial charge in [0.25, 0.3) is 5.56 Å². The summed E-state index contributed by atoms with van der Waals surface area (Å²) in [6.45, 7) is 2.37. The summed E-state index contributed by atoms with van der Waals surface area (Å²) in [6.07, 6.45) is 0.587. The second kappa shape index (κ2) is 7.88. The number of esters is 2. The van der Waals surface area contributed by atoms with E-state index in [1.165, 1.54) is 37.9 Å². The molecule has 0 bridgehead atoms. The molecular formula is C15H19N3O7. The van der Waals surface area contributed by atoms with E-state index in [4.69, 9.17) is 14.2 Å². The Kier molecular flexibility index (Phi) is 5.86. The second-order valence-corrected chi connectivity index (χ2v) is 5.45. The highest BCUT2D eigenvalue weighted by molar-refractivity contribution is 5.78. The van der Waals surface area contributed by atoms with Crippen LogP contribution in [-0.4, -0.2) is 53.6 Å². The summed E-state index contributed by atoms with van der Waals surface area (Å²) in [7, 11) is 1.49. The van der Waals surface area contributed by atoms with Crippen LogP contribution >= 0.6 is 0 Å². The zero-order valence-corrected chi connectivity index (χ0v) is 14.1. The van der Waals surface area contributed by atoms with Gasteiger partial charge in [-0.15, -0.1) is 0 Å². The van der Waals surface area contributed by atoms with E-state index in [-0.39, 0.29) is 18.6 Å². The Hall–Kier alpha value is -2.75. The molecule has 0 amide bonds. The highest BCUT2D eigenvalue weighted by Gasteiger charge is 2.39. The van der Waals surface area contributed by atoms with Crippen molar-refractivity contribution in [3.8, 4) is 0 Å². The maximum atomic E-state index is 12.1. The van der Waals surface area contributed by atoms with Crippen LogP contribution in [-0.2, 0) is 23.8 Å². The topological polar surface area (TPSA) is 129 Å². The number of nitrogens with zero attached hydrogens (tertiary/aromatic N) is 2. The van der Waals surface area contributed by atoms with Gasteiger partial charge in [-0.25, -0.2) is 4.79 Å². The van der Waals surface area contributed by atoms with Crippen molar-refractivity contribution in [1.29, 1.82) is 0 Å². The van der Waals surface area contributed by atoms with E-state index in [9.17, 15) is 19.2 Å². The zero-order chi connectivity index (χ0) is 18.6. The molecule has 1 unspecified atom stereocenters. The van der Waals surface area contributed by atoms with E-state index in [2.05, 4.69) is 9.98 Å². The highest BCUT2D eigenvalue weighted by Crippen LogP contribution is 2.30. The average Bonchev–Trinajstić information content (AvgIpc) is 2.90. The predicted octanol–water partition coefficient (Wildman–Crippen LogP) is -0.632. The largest absolute Gasteiger partial charge is 0.463 e. The average molecular weight is 353 g/mol. The molecule has 0 saturated carbocycles. The van der Waals surface area contributed by atoms with E-state index in [1.807, 2.05) is 0 Å². The molecule has 25 heavy (non-hydrogen) atoms. The minimum Gasteiger partial charge on any atom is -0.463 e. The third-order valence-electron chi connectivity index (χ3n) is 3.52. The van der Waals surface area contributed by atoms with Crippen molar-refractivity contribution in [2.45, 2.75) is 38.7 Å². The number of hydrogen-bond donors (Lipinski definition) is 1. The molecule has 0 aliphatic carbocycles. The van der Waals surface area contributed by atoms with Crippen molar-refractivity contribution >= 4 is 18.2 Å². The maximum absolute atomic E-state index is 12.1. The van der Waals surface area contributed by atoms with Gasteiger partial charge in [-0.05, 0) is 0 Å². The number of rotatable bonds is 5. The fraction of sp³-hybridized carbons (Fsp3) is 0.533. The number of ether oxygens (including phenoxy) is 3. The number of aliphatic imine (C=N–C) groups is 1. The molecule has 0 radical (unpaired) electrons. The maximum Gasteiger partial charge on any atom is 0.330 e. The molecule has 136 valence electrons. The number of carbonyl (C=O) groups excluding carboxylic acids is 2. The fourth-order valence-electron chi connectivity index (χ4n) is 2.50. The lowest BCUT2D eigenvalue weighted by molar-refractivity contribution is -0.155. The zero-order valence-electron chi connectivity index (χ0n) is 14.1. The SMILES string of the molecule is CN=Cc1cn([C@H]2C[C@@H](OC(C)=O)C(COC(C)=O)O2)c(=O)[nH]c1=O. The molecule has 1 N–H and O–H groups in total. The first-order chi connectivity index (χ1) is 11.8. The molecule has 2 heterocycles. The van der Waals surface area contributed by atoms with Crippen LogP contribution in [0.15, 0.2) is 20.8 Å². The third kappa shape index (κ3) is 4.63. The van der Waals surface area contributed by atoms with Crippen molar-refractivity contribution in [1.82, 2.24) is 9.55 Å². The molecule has 1 fully saturated rings. The van der Waals surface area contributed by atoms with Crippen LogP contribution in [0.5, 0.6) is 0 Å². The summed E-state index contributed by atoms with van der Waals surface area (Å²) >= 11 is 0. The van der Waals surface area contributed by atoms with Crippen molar-refractivity contribution in [3.63, 3.8) is 0 Å². The number of carbonyl (C=O) groups is 2. The minimum atomic E-state index is -0.793. The van der Waals surface area contributed by atoms with E-state index in [0.29, 0.717) is 0 Å². The molecule has 3 atom stereocenters. The van der Waals surface area contributed by atoms with Crippen molar-refractivity contribution < 1.29 is 23.8 Å². The number of aromatic amines is 1. The van der Waals surface area contributed by atoms with Crippen LogP contribution in [0.3, 0.4) is 0 Å². The van der Waals surface area contributed by atoms with E-state index in [0.717, 1.165) is 0 Å². The first-order valence-corrected chi connectivity index (χ1v) is 7.55. The van der Waals surface area contributed by atoms with Gasteiger partial charge in [0, 0.05) is 39.7 Å². The monoisotopic (exact) mass is 353 g/mol. The highest BCUT2D eigenvalue weighted by atomic mass is 16.6. The molecule has 0 spiro atoms. The Bertz CT molecular complexity index is 795. The summed E-state index contributed by atoms with van der Waals surface area (Å²) in [5, 5.41) is 0. The molecular weight excluding hydrogens is 334 g/mol. The molecule has 1 aromatic heterocycles. The fourth-order valence-corrected chi connectivity index (χ4v) is 2.50. The van der Waals surface area contributed by atoms with E-state index >= 15 is 0 Å². The summed E-state index contributed by atoms with van der Waals surface area (Å²) in [4.78, 5) is 52.0. The molecule has 1 aliphatic rings. The van der Waals surface area contributed by atoms with E-state index < -0.39 is 41.6 Å². The first-order valence-electron chi connectivity index (χ1n) is 7.55. The van der Waals surface area contributed by atoms with Crippen molar-refractivity contribution in [2.24, 2.45) is 4.99 Å². The van der Waals surface area contributed by atoms with Gasteiger partial charge >= 0.3 is 17.6 Å². The van der Waals surface area contributed by atoms with Gasteiger partial charge in [0.05, 0.1) is 5.56 Å². The van der Waals surface area contributed by atoms with Crippen LogP contribution in [0.2, 0.25) is 0 Å². The van der Waals surface area contributed by atoms with Gasteiger partial charge in [-0.3, -0.25) is 28.9 Å². The normalized spacial score (nSPS) is 22.9. The van der Waals surface area contributed by atoms with Gasteiger partial charge in [-0.2, -0.15) is 0 Å². The second-order valence-electron chi connectivity index (χ2n) is 5.45. The van der Waals surface area contributed by atoms with Crippen LogP contribution in [0, 0.1) is 0 Å². The molecule has 1 aromatic rings. The Morgan fingerprint density at radius 2 is 2.12 bits per heavy atom. The molecule has 0 aromatic carbocycles. The number of nitrogens with one attached hydrogen (secondary N) is 1. The first kappa shape index (κ1) is 18.6. The van der Waals surface area contributed by atoms with Crippen molar-refractivity contribution in [3.05, 3.63) is 32.6 Å². The van der Waals surface area contributed by atoms with Gasteiger partial charge in [0.1, 0.15) is 25.0 Å². The van der Waals surface area contributed by atoms with E-state index in [1.54, 1.807) is 0 Å². The van der Waals surface area contributed by atoms with Crippen LogP contribution in [0.25, 0.3) is 0 Å². The summed E-state index contributed by atoms with van der Waals surface area (Å²) < 4.78 is 17.0. The smallest absolute Gasteiger partial charge is 0.330 e. The Labute approximate surface area is 142 Å². The van der Waals surface area contributed by atoms with Gasteiger partial charge in [0.15, 0.2) is 0 Å². The summed E-state index contributed by atoms with van der Waals surface area (Å²) in [6, 6.07) is 0. The minimum absolute atomic E-state index is 0.120. The predicted molar refractivity (Wildman–Crippen MR) is 85.6 cm³/mol. The summed E-state index contributed by atoms with van der Waals surface area (Å²) in [5.41, 5.74) is -1.06. The standard InChI is InChI=1S/C15H19N3O7/c1-8(19)23-7-12-11(24-9(2)20)4-13(25-12)18-6-10(5-16-3)14(21)17-15(18)22/h5-6,11-13H,4,7H2,1-3H3,(H,17,21,22)/t11-,12?,13-/m1/s1. The molecule has 10 nitrogen and oxygen atoms in total. The molecule has 10 heteroatoms. The lowest BCUT2D eigenvalue weighted by Crippen LogP contribution is -2.34. The van der Waals surface area contributed by atoms with Crippen LogP contribution in [0.4, 0.5) is 0 Å². The van der Waals surface area contributed by atoms with Crippen LogP contribution in [0.1, 0.15) is 32.1 Å². The third-order valence-corrected chi connectivity index (χ3v) is 3.52. The van der Waals surface area contributed by atoms with Gasteiger partial charge < -0.3 is 14.2 Å². The number of aromatic nitrogens is 2. The Morgan fingerprint density at radius 1 is 1.40 bits per heavy atom.